The van der Waals surface area contributed by atoms with Crippen LogP contribution in [0.5, 0.6) is 0 Å². The maximum Gasteiger partial charge on any atom is 0.0652 e. The van der Waals surface area contributed by atoms with Crippen molar-refractivity contribution in [1.82, 2.24) is 20.7 Å². The van der Waals surface area contributed by atoms with Crippen LogP contribution in [-0.2, 0) is 0 Å². The molecule has 4 heteroatoms. The molecule has 1 rings (SSSR count). The Labute approximate surface area is 81.2 Å². The molecule has 0 radical (unpaired) electrons. The molecular formula is C9H22N4. The summed E-state index contributed by atoms with van der Waals surface area (Å²) in [5.74, 6) is 0. The van der Waals surface area contributed by atoms with Crippen LogP contribution in [0.25, 0.3) is 0 Å². The zero-order chi connectivity index (χ0) is 9.90. The number of hydrogen-bond acceptors (Lipinski definition) is 4. The van der Waals surface area contributed by atoms with E-state index in [4.69, 9.17) is 0 Å². The Balaban J connectivity index is 2.40. The largest absolute Gasteiger partial charge is 0.303 e. The summed E-state index contributed by atoms with van der Waals surface area (Å²) < 4.78 is 0. The number of nitrogens with one attached hydrogen (secondary N) is 2. The van der Waals surface area contributed by atoms with Crippen LogP contribution in [0.1, 0.15) is 13.8 Å². The van der Waals surface area contributed by atoms with Crippen molar-refractivity contribution in [2.75, 3.05) is 40.3 Å². The van der Waals surface area contributed by atoms with E-state index in [1.54, 1.807) is 0 Å². The van der Waals surface area contributed by atoms with Crippen LogP contribution in [0.2, 0.25) is 0 Å². The molecule has 0 bridgehead atoms. The Kier molecular flexibility index (Phi) is 3.67. The zero-order valence-electron chi connectivity index (χ0n) is 9.22. The molecule has 1 aliphatic rings. The van der Waals surface area contributed by atoms with Crippen LogP contribution in [-0.4, -0.2) is 55.8 Å². The molecule has 13 heavy (non-hydrogen) atoms. The molecule has 0 atom stereocenters. The lowest BCUT2D eigenvalue weighted by molar-refractivity contribution is 0.0215. The minimum atomic E-state index is 0.125. The SMILES string of the molecule is CNN1CCN(C(C)(C)NC)CC1. The molecule has 0 unspecified atom stereocenters. The van der Waals surface area contributed by atoms with Crippen molar-refractivity contribution in [1.29, 1.82) is 0 Å². The molecule has 0 aromatic rings. The number of hydrazine groups is 1. The fourth-order valence-corrected chi connectivity index (χ4v) is 1.65. The van der Waals surface area contributed by atoms with Crippen LogP contribution in [0.3, 0.4) is 0 Å². The van der Waals surface area contributed by atoms with Gasteiger partial charge in [-0.2, -0.15) is 0 Å². The van der Waals surface area contributed by atoms with Gasteiger partial charge >= 0.3 is 0 Å². The van der Waals surface area contributed by atoms with Crippen LogP contribution in [0.4, 0.5) is 0 Å². The predicted molar refractivity (Wildman–Crippen MR) is 55.3 cm³/mol. The topological polar surface area (TPSA) is 30.5 Å². The molecule has 1 fully saturated rings. The lowest BCUT2D eigenvalue weighted by atomic mass is 10.1. The smallest absolute Gasteiger partial charge is 0.0652 e. The monoisotopic (exact) mass is 186 g/mol. The minimum absolute atomic E-state index is 0.125. The van der Waals surface area contributed by atoms with Crippen molar-refractivity contribution in [2.45, 2.75) is 19.5 Å². The average Bonchev–Trinajstić information content (AvgIpc) is 2.18. The number of nitrogens with zero attached hydrogens (tertiary/aromatic N) is 2. The molecule has 0 spiro atoms. The predicted octanol–water partition coefficient (Wildman–Crippen LogP) is -0.306. The Morgan fingerprint density at radius 1 is 1.00 bits per heavy atom. The molecule has 78 valence electrons. The van der Waals surface area contributed by atoms with Crippen molar-refractivity contribution < 1.29 is 0 Å². The van der Waals surface area contributed by atoms with Gasteiger partial charge in [-0.1, -0.05) is 0 Å². The Morgan fingerprint density at radius 3 is 1.92 bits per heavy atom. The van der Waals surface area contributed by atoms with Gasteiger partial charge in [0.2, 0.25) is 0 Å². The van der Waals surface area contributed by atoms with E-state index in [-0.39, 0.29) is 5.66 Å². The number of rotatable bonds is 3. The van der Waals surface area contributed by atoms with Crippen molar-refractivity contribution >= 4 is 0 Å². The van der Waals surface area contributed by atoms with Gasteiger partial charge in [0.05, 0.1) is 5.66 Å². The highest BCUT2D eigenvalue weighted by Crippen LogP contribution is 2.12. The van der Waals surface area contributed by atoms with Crippen molar-refractivity contribution in [3.05, 3.63) is 0 Å². The molecule has 0 aromatic carbocycles. The van der Waals surface area contributed by atoms with Gasteiger partial charge in [-0.15, -0.1) is 0 Å². The third kappa shape index (κ3) is 2.64. The number of hydrogen-bond donors (Lipinski definition) is 2. The average molecular weight is 186 g/mol. The molecule has 0 amide bonds. The lowest BCUT2D eigenvalue weighted by Crippen LogP contribution is -2.61. The van der Waals surface area contributed by atoms with Crippen LogP contribution in [0, 0.1) is 0 Å². The first-order valence-corrected chi connectivity index (χ1v) is 4.96. The Morgan fingerprint density at radius 2 is 1.54 bits per heavy atom. The summed E-state index contributed by atoms with van der Waals surface area (Å²) in [6.07, 6.45) is 0. The first-order chi connectivity index (χ1) is 6.10. The maximum atomic E-state index is 3.33. The fraction of sp³-hybridized carbons (Fsp3) is 1.00. The summed E-state index contributed by atoms with van der Waals surface area (Å²) in [4.78, 5) is 2.47. The van der Waals surface area contributed by atoms with Crippen LogP contribution >= 0.6 is 0 Å². The van der Waals surface area contributed by atoms with E-state index in [1.807, 2.05) is 14.1 Å². The van der Waals surface area contributed by atoms with E-state index in [1.165, 1.54) is 0 Å². The third-order valence-corrected chi connectivity index (χ3v) is 3.00. The summed E-state index contributed by atoms with van der Waals surface area (Å²) in [6, 6.07) is 0. The minimum Gasteiger partial charge on any atom is -0.303 e. The molecule has 2 N–H and O–H groups in total. The summed E-state index contributed by atoms with van der Waals surface area (Å²) in [5.41, 5.74) is 3.30. The van der Waals surface area contributed by atoms with E-state index in [0.29, 0.717) is 0 Å². The van der Waals surface area contributed by atoms with Gasteiger partial charge in [-0.05, 0) is 27.9 Å². The molecule has 0 saturated carbocycles. The maximum absolute atomic E-state index is 3.33. The first-order valence-electron chi connectivity index (χ1n) is 4.96. The Hall–Kier alpha value is -0.160. The quantitative estimate of drug-likeness (QED) is 0.633. The van der Waals surface area contributed by atoms with Crippen molar-refractivity contribution in [3.63, 3.8) is 0 Å². The highest BCUT2D eigenvalue weighted by Gasteiger charge is 2.27. The summed E-state index contributed by atoms with van der Waals surface area (Å²) >= 11 is 0. The third-order valence-electron chi connectivity index (χ3n) is 3.00. The first kappa shape index (κ1) is 10.9. The molecule has 1 saturated heterocycles. The molecule has 0 aliphatic carbocycles. The second-order valence-corrected chi connectivity index (χ2v) is 4.01. The fourth-order valence-electron chi connectivity index (χ4n) is 1.65. The zero-order valence-corrected chi connectivity index (χ0v) is 9.22. The summed E-state index contributed by atoms with van der Waals surface area (Å²) in [6.45, 7) is 8.89. The van der Waals surface area contributed by atoms with Gasteiger partial charge in [0.15, 0.2) is 0 Å². The van der Waals surface area contributed by atoms with Gasteiger partial charge in [0, 0.05) is 26.2 Å². The molecule has 1 aliphatic heterocycles. The van der Waals surface area contributed by atoms with Gasteiger partial charge in [0.25, 0.3) is 0 Å². The highest BCUT2D eigenvalue weighted by atomic mass is 15.5. The van der Waals surface area contributed by atoms with E-state index in [2.05, 4.69) is 34.5 Å². The lowest BCUT2D eigenvalue weighted by Gasteiger charge is -2.43. The van der Waals surface area contributed by atoms with Gasteiger partial charge in [-0.25, -0.2) is 5.01 Å². The van der Waals surface area contributed by atoms with Crippen LogP contribution in [0.15, 0.2) is 0 Å². The highest BCUT2D eigenvalue weighted by molar-refractivity contribution is 4.81. The second-order valence-electron chi connectivity index (χ2n) is 4.01. The normalized spacial score (nSPS) is 22.2. The van der Waals surface area contributed by atoms with E-state index < -0.39 is 0 Å². The second kappa shape index (κ2) is 4.37. The van der Waals surface area contributed by atoms with Crippen LogP contribution < -0.4 is 10.7 Å². The summed E-state index contributed by atoms with van der Waals surface area (Å²) in [7, 11) is 4.00. The van der Waals surface area contributed by atoms with Gasteiger partial charge < -0.3 is 5.32 Å². The van der Waals surface area contributed by atoms with Crippen molar-refractivity contribution in [2.24, 2.45) is 0 Å². The van der Waals surface area contributed by atoms with Crippen molar-refractivity contribution in [3.8, 4) is 0 Å². The molecule has 4 nitrogen and oxygen atoms in total. The molecule has 1 heterocycles. The van der Waals surface area contributed by atoms with Gasteiger partial charge in [-0.3, -0.25) is 10.3 Å². The van der Waals surface area contributed by atoms with Gasteiger partial charge in [0.1, 0.15) is 0 Å². The molecule has 0 aromatic heterocycles. The van der Waals surface area contributed by atoms with E-state index >= 15 is 0 Å². The summed E-state index contributed by atoms with van der Waals surface area (Å²) in [5, 5.41) is 5.58. The van der Waals surface area contributed by atoms with E-state index in [0.717, 1.165) is 26.2 Å². The standard InChI is InChI=1S/C9H22N4/c1-9(2,10-3)12-5-7-13(11-4)8-6-12/h10-11H,5-8H2,1-4H3. The Bertz CT molecular complexity index is 150. The van der Waals surface area contributed by atoms with E-state index in [9.17, 15) is 0 Å². The number of piperazine rings is 1. The molecular weight excluding hydrogens is 164 g/mol.